The Morgan fingerprint density at radius 3 is 2.65 bits per heavy atom. The van der Waals surface area contributed by atoms with Gasteiger partial charge in [-0.25, -0.2) is 13.4 Å². The molecule has 1 N–H and O–H groups in total. The quantitative estimate of drug-likeness (QED) is 0.674. The minimum absolute atomic E-state index is 0.108. The zero-order valence-corrected chi connectivity index (χ0v) is 9.60. The van der Waals surface area contributed by atoms with Crippen LogP contribution in [0, 0.1) is 0 Å². The molecule has 0 amide bonds. The summed E-state index contributed by atoms with van der Waals surface area (Å²) in [5.74, 6) is 0. The first-order valence-corrected chi connectivity index (χ1v) is 5.89. The Balaban J connectivity index is 2.70. The number of aromatic nitrogens is 1. The molecule has 1 aromatic heterocycles. The second-order valence-electron chi connectivity index (χ2n) is 2.80. The van der Waals surface area contributed by atoms with Crippen LogP contribution in [0.25, 0.3) is 0 Å². The topological polar surface area (TPSA) is 68.3 Å². The molecule has 0 atom stereocenters. The summed E-state index contributed by atoms with van der Waals surface area (Å²) >= 11 is 5.43. The van der Waals surface area contributed by atoms with E-state index in [1.54, 1.807) is 0 Å². The zero-order chi connectivity index (χ0) is 13.1. The third-order valence-electron chi connectivity index (χ3n) is 1.41. The minimum Gasteiger partial charge on any atom is -0.277 e. The molecule has 0 aliphatic heterocycles. The van der Waals surface area contributed by atoms with E-state index >= 15 is 0 Å². The van der Waals surface area contributed by atoms with Gasteiger partial charge in [0.1, 0.15) is 5.15 Å². The Morgan fingerprint density at radius 2 is 2.12 bits per heavy atom. The van der Waals surface area contributed by atoms with Crippen molar-refractivity contribution in [2.75, 3.05) is 6.61 Å². The standard InChI is InChI=1S/C7H6ClF3N2O3S/c8-6-3-5(1-2-12-6)17(14,15)13-16-4-7(9,10)11/h1-3,13H,4H2. The summed E-state index contributed by atoms with van der Waals surface area (Å²) in [6, 6.07) is 2.03. The summed E-state index contributed by atoms with van der Waals surface area (Å²) in [6.07, 6.45) is -3.53. The maximum absolute atomic E-state index is 11.7. The van der Waals surface area contributed by atoms with Gasteiger partial charge in [-0.1, -0.05) is 16.5 Å². The lowest BCUT2D eigenvalue weighted by molar-refractivity contribution is -0.181. The molecule has 0 aromatic carbocycles. The lowest BCUT2D eigenvalue weighted by Crippen LogP contribution is -2.29. The maximum Gasteiger partial charge on any atom is 0.413 e. The van der Waals surface area contributed by atoms with Crippen LogP contribution in [0.2, 0.25) is 5.15 Å². The number of pyridine rings is 1. The van der Waals surface area contributed by atoms with Crippen LogP contribution in [0.3, 0.4) is 0 Å². The van der Waals surface area contributed by atoms with E-state index in [4.69, 9.17) is 11.6 Å². The van der Waals surface area contributed by atoms with Crippen LogP contribution in [0.4, 0.5) is 13.2 Å². The van der Waals surface area contributed by atoms with Crippen LogP contribution in [0.15, 0.2) is 23.2 Å². The summed E-state index contributed by atoms with van der Waals surface area (Å²) in [4.78, 5) is 8.33. The largest absolute Gasteiger partial charge is 0.413 e. The molecule has 1 rings (SSSR count). The highest BCUT2D eigenvalue weighted by atomic mass is 35.5. The van der Waals surface area contributed by atoms with Gasteiger partial charge in [0.05, 0.1) is 4.90 Å². The molecule has 10 heteroatoms. The van der Waals surface area contributed by atoms with Crippen molar-refractivity contribution in [2.45, 2.75) is 11.1 Å². The van der Waals surface area contributed by atoms with Gasteiger partial charge in [-0.05, 0) is 12.1 Å². The van der Waals surface area contributed by atoms with Gasteiger partial charge in [-0.3, -0.25) is 4.84 Å². The Labute approximate surface area is 99.6 Å². The molecular weight excluding hydrogens is 285 g/mol. The van der Waals surface area contributed by atoms with Gasteiger partial charge in [-0.2, -0.15) is 13.2 Å². The molecule has 0 fully saturated rings. The average molecular weight is 291 g/mol. The number of nitrogens with one attached hydrogen (secondary N) is 1. The van der Waals surface area contributed by atoms with Gasteiger partial charge in [0, 0.05) is 6.20 Å². The molecule has 0 unspecified atom stereocenters. The van der Waals surface area contributed by atoms with Gasteiger partial charge in [0.25, 0.3) is 10.0 Å². The van der Waals surface area contributed by atoms with E-state index in [9.17, 15) is 21.6 Å². The van der Waals surface area contributed by atoms with Crippen LogP contribution < -0.4 is 4.89 Å². The Hall–Kier alpha value is -0.900. The number of sulfonamides is 1. The lowest BCUT2D eigenvalue weighted by Gasteiger charge is -2.09. The smallest absolute Gasteiger partial charge is 0.277 e. The second kappa shape index (κ2) is 5.17. The average Bonchev–Trinajstić information content (AvgIpc) is 2.15. The summed E-state index contributed by atoms with van der Waals surface area (Å²) in [5, 5.41) is -0.108. The number of hydrogen-bond acceptors (Lipinski definition) is 4. The first kappa shape index (κ1) is 14.2. The van der Waals surface area contributed by atoms with E-state index in [2.05, 4.69) is 9.82 Å². The summed E-state index contributed by atoms with van der Waals surface area (Å²) < 4.78 is 57.9. The van der Waals surface area contributed by atoms with Crippen LogP contribution in [0.1, 0.15) is 0 Å². The predicted molar refractivity (Wildman–Crippen MR) is 51.6 cm³/mol. The predicted octanol–water partition coefficient (Wildman–Crippen LogP) is 1.51. The number of alkyl halides is 3. The highest BCUT2D eigenvalue weighted by molar-refractivity contribution is 7.89. The number of nitrogens with zero attached hydrogens (tertiary/aromatic N) is 1. The van der Waals surface area contributed by atoms with Crippen molar-refractivity contribution in [3.63, 3.8) is 0 Å². The molecule has 0 aliphatic carbocycles. The van der Waals surface area contributed by atoms with E-state index in [1.807, 2.05) is 0 Å². The van der Waals surface area contributed by atoms with E-state index in [0.717, 1.165) is 18.3 Å². The first-order chi connectivity index (χ1) is 7.71. The van der Waals surface area contributed by atoms with Crippen molar-refractivity contribution in [1.82, 2.24) is 9.87 Å². The fourth-order valence-electron chi connectivity index (χ4n) is 0.789. The van der Waals surface area contributed by atoms with Crippen molar-refractivity contribution in [3.05, 3.63) is 23.5 Å². The fraction of sp³-hybridized carbons (Fsp3) is 0.286. The Kier molecular flexibility index (Phi) is 4.31. The molecule has 1 heterocycles. The molecule has 0 radical (unpaired) electrons. The lowest BCUT2D eigenvalue weighted by atomic mass is 10.5. The van der Waals surface area contributed by atoms with E-state index in [0.29, 0.717) is 0 Å². The fourth-order valence-corrected chi connectivity index (χ4v) is 1.84. The second-order valence-corrected chi connectivity index (χ2v) is 4.84. The van der Waals surface area contributed by atoms with E-state index < -0.39 is 22.8 Å². The number of hydrogen-bond donors (Lipinski definition) is 1. The monoisotopic (exact) mass is 290 g/mol. The van der Waals surface area contributed by atoms with Crippen LogP contribution in [0.5, 0.6) is 0 Å². The van der Waals surface area contributed by atoms with Crippen molar-refractivity contribution >= 4 is 21.6 Å². The third-order valence-corrected chi connectivity index (χ3v) is 2.83. The highest BCUT2D eigenvalue weighted by Gasteiger charge is 2.29. The van der Waals surface area contributed by atoms with Gasteiger partial charge >= 0.3 is 6.18 Å². The highest BCUT2D eigenvalue weighted by Crippen LogP contribution is 2.15. The van der Waals surface area contributed by atoms with Crippen molar-refractivity contribution < 1.29 is 26.4 Å². The summed E-state index contributed by atoms with van der Waals surface area (Å²) in [7, 11) is -4.20. The maximum atomic E-state index is 11.7. The van der Waals surface area contributed by atoms with Crippen LogP contribution in [-0.2, 0) is 14.9 Å². The molecule has 96 valence electrons. The van der Waals surface area contributed by atoms with Crippen LogP contribution in [-0.4, -0.2) is 26.2 Å². The molecule has 0 bridgehead atoms. The van der Waals surface area contributed by atoms with E-state index in [1.165, 1.54) is 4.89 Å². The third kappa shape index (κ3) is 4.86. The molecule has 0 saturated carbocycles. The molecule has 1 aromatic rings. The Morgan fingerprint density at radius 1 is 1.47 bits per heavy atom. The zero-order valence-electron chi connectivity index (χ0n) is 8.03. The SMILES string of the molecule is O=S(=O)(NOCC(F)(F)F)c1ccnc(Cl)c1. The Bertz CT molecular complexity index is 491. The molecule has 0 aliphatic rings. The van der Waals surface area contributed by atoms with Gasteiger partial charge < -0.3 is 0 Å². The number of halogens is 4. The van der Waals surface area contributed by atoms with Gasteiger partial charge in [-0.15, -0.1) is 0 Å². The van der Waals surface area contributed by atoms with Gasteiger partial charge in [0.2, 0.25) is 0 Å². The van der Waals surface area contributed by atoms with Gasteiger partial charge in [0.15, 0.2) is 6.61 Å². The van der Waals surface area contributed by atoms with Crippen molar-refractivity contribution in [2.24, 2.45) is 0 Å². The van der Waals surface area contributed by atoms with Crippen molar-refractivity contribution in [1.29, 1.82) is 0 Å². The van der Waals surface area contributed by atoms with E-state index in [-0.39, 0.29) is 10.0 Å². The summed E-state index contributed by atoms with van der Waals surface area (Å²) in [6.45, 7) is -1.73. The summed E-state index contributed by atoms with van der Waals surface area (Å²) in [5.41, 5.74) is 0. The number of rotatable bonds is 4. The minimum atomic E-state index is -4.63. The molecule has 5 nitrogen and oxygen atoms in total. The first-order valence-electron chi connectivity index (χ1n) is 4.03. The van der Waals surface area contributed by atoms with Crippen molar-refractivity contribution in [3.8, 4) is 0 Å². The molecule has 17 heavy (non-hydrogen) atoms. The van der Waals surface area contributed by atoms with Crippen LogP contribution >= 0.6 is 11.6 Å². The molecule has 0 saturated heterocycles. The normalized spacial score (nSPS) is 12.7. The molecular formula is C7H6ClF3N2O3S. The molecule has 0 spiro atoms.